The van der Waals surface area contributed by atoms with Crippen molar-refractivity contribution >= 4 is 45.7 Å². The summed E-state index contributed by atoms with van der Waals surface area (Å²) in [5.74, 6) is 0.607. The Balaban J connectivity index is 1.37. The average Bonchev–Trinajstić information content (AvgIpc) is 3.07. The van der Waals surface area contributed by atoms with Crippen molar-refractivity contribution in [3.05, 3.63) is 40.3 Å². The lowest BCUT2D eigenvalue weighted by Crippen LogP contribution is -2.51. The van der Waals surface area contributed by atoms with E-state index in [1.807, 2.05) is 12.1 Å². The minimum absolute atomic E-state index is 0.209. The van der Waals surface area contributed by atoms with E-state index in [9.17, 15) is 8.78 Å². The van der Waals surface area contributed by atoms with Crippen LogP contribution in [0.25, 0.3) is 10.9 Å². The van der Waals surface area contributed by atoms with Crippen LogP contribution in [0.15, 0.2) is 24.5 Å². The van der Waals surface area contributed by atoms with Gasteiger partial charge in [-0.05, 0) is 49.5 Å². The topological polar surface area (TPSA) is 68.1 Å². The lowest BCUT2D eigenvalue weighted by molar-refractivity contribution is -0.0712. The SMILES string of the molecule is FC(F)n1ncc(Nc2ncc3cc(Cl)c(C4CCN(C5COC5)CC4)cc3n2)c1Cl. The Morgan fingerprint density at radius 2 is 1.90 bits per heavy atom. The molecule has 11 heteroatoms. The highest BCUT2D eigenvalue weighted by atomic mass is 35.5. The van der Waals surface area contributed by atoms with Crippen molar-refractivity contribution in [3.8, 4) is 0 Å². The van der Waals surface area contributed by atoms with Crippen molar-refractivity contribution in [1.29, 1.82) is 0 Å². The van der Waals surface area contributed by atoms with E-state index in [4.69, 9.17) is 27.9 Å². The molecule has 0 amide bonds. The van der Waals surface area contributed by atoms with Gasteiger partial charge in [-0.15, -0.1) is 0 Å². The summed E-state index contributed by atoms with van der Waals surface area (Å²) in [5, 5.41) is 7.74. The van der Waals surface area contributed by atoms with Gasteiger partial charge in [-0.3, -0.25) is 4.90 Å². The number of piperidine rings is 1. The standard InChI is InChI=1S/C20H20Cl2F2N6O/c21-15-5-12-7-25-20(28-17-8-26-30(18(17)22)19(23)24)27-16(12)6-14(15)11-1-3-29(4-2-11)13-9-31-10-13/h5-8,11,13,19H,1-4,9-10H2,(H,25,27,28). The first-order chi connectivity index (χ1) is 15.0. The molecule has 2 aliphatic heterocycles. The van der Waals surface area contributed by atoms with Crippen molar-refractivity contribution in [2.24, 2.45) is 0 Å². The van der Waals surface area contributed by atoms with Crippen LogP contribution in [0.5, 0.6) is 0 Å². The minimum Gasteiger partial charge on any atom is -0.378 e. The average molecular weight is 469 g/mol. The molecular formula is C20H20Cl2F2N6O. The fraction of sp³-hybridized carbons (Fsp3) is 0.450. The van der Waals surface area contributed by atoms with Gasteiger partial charge < -0.3 is 10.1 Å². The predicted octanol–water partition coefficient (Wildman–Crippen LogP) is 4.85. The van der Waals surface area contributed by atoms with Crippen LogP contribution < -0.4 is 5.32 Å². The van der Waals surface area contributed by atoms with Crippen LogP contribution in [0.2, 0.25) is 10.2 Å². The van der Waals surface area contributed by atoms with Gasteiger partial charge in [0.25, 0.3) is 0 Å². The number of hydrogen-bond donors (Lipinski definition) is 1. The first kappa shape index (κ1) is 20.8. The van der Waals surface area contributed by atoms with Gasteiger partial charge in [0.2, 0.25) is 5.95 Å². The molecule has 1 N–H and O–H groups in total. The smallest absolute Gasteiger partial charge is 0.334 e. The molecule has 2 aliphatic rings. The summed E-state index contributed by atoms with van der Waals surface area (Å²) in [4.78, 5) is 11.3. The second-order valence-corrected chi connectivity index (χ2v) is 8.59. The Morgan fingerprint density at radius 3 is 2.55 bits per heavy atom. The molecule has 0 aliphatic carbocycles. The van der Waals surface area contributed by atoms with Crippen molar-refractivity contribution in [3.63, 3.8) is 0 Å². The highest BCUT2D eigenvalue weighted by molar-refractivity contribution is 6.32. The van der Waals surface area contributed by atoms with Crippen molar-refractivity contribution < 1.29 is 13.5 Å². The number of nitrogens with one attached hydrogen (secondary N) is 1. The van der Waals surface area contributed by atoms with Crippen LogP contribution in [0.4, 0.5) is 20.4 Å². The van der Waals surface area contributed by atoms with Gasteiger partial charge in [0.05, 0.1) is 36.7 Å². The normalized spacial score (nSPS) is 18.6. The summed E-state index contributed by atoms with van der Waals surface area (Å²) in [6.07, 6.45) is 4.92. The Labute approximate surface area is 187 Å². The number of benzene rings is 1. The second-order valence-electron chi connectivity index (χ2n) is 7.82. The van der Waals surface area contributed by atoms with Gasteiger partial charge in [-0.25, -0.2) is 9.97 Å². The Morgan fingerprint density at radius 1 is 1.13 bits per heavy atom. The van der Waals surface area contributed by atoms with Gasteiger partial charge in [0.15, 0.2) is 5.15 Å². The summed E-state index contributed by atoms with van der Waals surface area (Å²) in [5.41, 5.74) is 2.01. The van der Waals surface area contributed by atoms with E-state index in [2.05, 4.69) is 25.3 Å². The molecule has 1 aromatic carbocycles. The molecule has 31 heavy (non-hydrogen) atoms. The predicted molar refractivity (Wildman–Crippen MR) is 114 cm³/mol. The van der Waals surface area contributed by atoms with E-state index in [0.29, 0.717) is 21.7 Å². The number of nitrogens with zero attached hydrogens (tertiary/aromatic N) is 5. The molecule has 5 rings (SSSR count). The van der Waals surface area contributed by atoms with Gasteiger partial charge >= 0.3 is 6.55 Å². The summed E-state index contributed by atoms with van der Waals surface area (Å²) >= 11 is 12.5. The fourth-order valence-electron chi connectivity index (χ4n) is 4.14. The molecule has 0 bridgehead atoms. The van der Waals surface area contributed by atoms with Gasteiger partial charge in [0.1, 0.15) is 0 Å². The third-order valence-electron chi connectivity index (χ3n) is 5.97. The number of halogens is 4. The maximum Gasteiger partial charge on any atom is 0.334 e. The first-order valence-electron chi connectivity index (χ1n) is 10.1. The van der Waals surface area contributed by atoms with E-state index in [1.54, 1.807) is 6.20 Å². The number of ether oxygens (including phenoxy) is 1. The molecular weight excluding hydrogens is 449 g/mol. The monoisotopic (exact) mass is 468 g/mol. The van der Waals surface area contributed by atoms with Crippen LogP contribution in [-0.4, -0.2) is 57.0 Å². The van der Waals surface area contributed by atoms with E-state index in [-0.39, 0.29) is 16.8 Å². The number of fused-ring (bicyclic) bond motifs is 1. The molecule has 2 aromatic heterocycles. The largest absolute Gasteiger partial charge is 0.378 e. The zero-order valence-corrected chi connectivity index (χ0v) is 18.0. The van der Waals surface area contributed by atoms with Gasteiger partial charge in [-0.1, -0.05) is 23.2 Å². The first-order valence-corrected chi connectivity index (χ1v) is 10.8. The van der Waals surface area contributed by atoms with E-state index < -0.39 is 6.55 Å². The fourth-order valence-corrected chi connectivity index (χ4v) is 4.68. The van der Waals surface area contributed by atoms with Crippen LogP contribution in [0, 0.1) is 0 Å². The maximum atomic E-state index is 12.9. The third-order valence-corrected chi connectivity index (χ3v) is 6.67. The molecule has 4 heterocycles. The Hall–Kier alpha value is -2.07. The lowest BCUT2D eigenvalue weighted by Gasteiger charge is -2.41. The molecule has 0 unspecified atom stereocenters. The number of likely N-dealkylation sites (tertiary alicyclic amines) is 1. The summed E-state index contributed by atoms with van der Waals surface area (Å²) in [6.45, 7) is 0.878. The summed E-state index contributed by atoms with van der Waals surface area (Å²) < 4.78 is 31.5. The second kappa shape index (κ2) is 8.46. The van der Waals surface area contributed by atoms with E-state index >= 15 is 0 Å². The van der Waals surface area contributed by atoms with Crippen LogP contribution >= 0.6 is 23.2 Å². The quantitative estimate of drug-likeness (QED) is 0.577. The molecule has 0 saturated carbocycles. The Kier molecular flexibility index (Phi) is 5.68. The molecule has 7 nitrogen and oxygen atoms in total. The molecule has 2 saturated heterocycles. The molecule has 2 fully saturated rings. The van der Waals surface area contributed by atoms with E-state index in [1.165, 1.54) is 6.20 Å². The van der Waals surface area contributed by atoms with Crippen molar-refractivity contribution in [1.82, 2.24) is 24.6 Å². The molecule has 0 atom stereocenters. The number of aromatic nitrogens is 4. The third kappa shape index (κ3) is 4.07. The Bertz CT molecular complexity index is 1100. The van der Waals surface area contributed by atoms with Crippen molar-refractivity contribution in [2.75, 3.05) is 31.6 Å². The zero-order chi connectivity index (χ0) is 21.5. The van der Waals surface area contributed by atoms with E-state index in [0.717, 1.165) is 55.6 Å². The maximum absolute atomic E-state index is 12.9. The van der Waals surface area contributed by atoms with Gasteiger partial charge in [0, 0.05) is 16.6 Å². The van der Waals surface area contributed by atoms with Crippen LogP contribution in [0.3, 0.4) is 0 Å². The molecule has 0 radical (unpaired) electrons. The number of alkyl halides is 2. The summed E-state index contributed by atoms with van der Waals surface area (Å²) in [7, 11) is 0. The lowest BCUT2D eigenvalue weighted by atomic mass is 9.88. The molecule has 164 valence electrons. The zero-order valence-electron chi connectivity index (χ0n) is 16.4. The van der Waals surface area contributed by atoms with Gasteiger partial charge in [-0.2, -0.15) is 18.6 Å². The van der Waals surface area contributed by atoms with Crippen LogP contribution in [-0.2, 0) is 4.74 Å². The summed E-state index contributed by atoms with van der Waals surface area (Å²) in [6, 6.07) is 4.43. The highest BCUT2D eigenvalue weighted by Gasteiger charge is 2.30. The highest BCUT2D eigenvalue weighted by Crippen LogP contribution is 2.36. The number of anilines is 2. The molecule has 0 spiro atoms. The molecule has 3 aromatic rings. The van der Waals surface area contributed by atoms with Crippen molar-refractivity contribution in [2.45, 2.75) is 31.4 Å². The number of hydrogen-bond acceptors (Lipinski definition) is 6. The van der Waals surface area contributed by atoms with Crippen LogP contribution in [0.1, 0.15) is 30.9 Å². The number of rotatable bonds is 5. The minimum atomic E-state index is -2.83.